The van der Waals surface area contributed by atoms with Crippen LogP contribution in [0.5, 0.6) is 0 Å². The summed E-state index contributed by atoms with van der Waals surface area (Å²) in [5.41, 5.74) is 5.24. The molecule has 5 nitrogen and oxygen atoms in total. The number of rotatable bonds is 5. The summed E-state index contributed by atoms with van der Waals surface area (Å²) in [6, 6.07) is 3.88. The summed E-state index contributed by atoms with van der Waals surface area (Å²) < 4.78 is 5.26. The highest BCUT2D eigenvalue weighted by atomic mass is 16.3. The van der Waals surface area contributed by atoms with Gasteiger partial charge in [-0.25, -0.2) is 0 Å². The first-order chi connectivity index (χ1) is 8.58. The average Bonchev–Trinajstić information content (AvgIpc) is 2.94. The van der Waals surface area contributed by atoms with Gasteiger partial charge in [-0.05, 0) is 25.5 Å². The number of likely N-dealkylation sites (tertiary alicyclic amines) is 1. The summed E-state index contributed by atoms with van der Waals surface area (Å²) in [7, 11) is 0. The molecule has 2 atom stereocenters. The Morgan fingerprint density at radius 1 is 1.67 bits per heavy atom. The molecule has 98 valence electrons. The maximum atomic E-state index is 11.8. The Hall–Kier alpha value is -1.78. The second-order valence-electron chi connectivity index (χ2n) is 4.82. The normalized spacial score (nSPS) is 21.3. The molecular weight excluding hydrogens is 232 g/mol. The van der Waals surface area contributed by atoms with E-state index >= 15 is 0 Å². The van der Waals surface area contributed by atoms with Crippen LogP contribution in [0.4, 0.5) is 0 Å². The average molecular weight is 250 g/mol. The van der Waals surface area contributed by atoms with E-state index in [1.807, 2.05) is 19.1 Å². The molecule has 2 N–H and O–H groups in total. The molecule has 0 spiro atoms. The first-order valence-electron chi connectivity index (χ1n) is 6.19. The third-order valence-electron chi connectivity index (χ3n) is 3.48. The summed E-state index contributed by atoms with van der Waals surface area (Å²) in [5, 5.41) is 0. The fourth-order valence-electron chi connectivity index (χ4n) is 2.31. The van der Waals surface area contributed by atoms with E-state index in [-0.39, 0.29) is 30.2 Å². The SMILES string of the molecule is CC(CCc1ccco1)N1CC(C(N)=O)CC1=O. The van der Waals surface area contributed by atoms with Crippen molar-refractivity contribution in [2.24, 2.45) is 11.7 Å². The molecular formula is C13H18N2O3. The third kappa shape index (κ3) is 2.72. The van der Waals surface area contributed by atoms with Gasteiger partial charge in [-0.2, -0.15) is 0 Å². The van der Waals surface area contributed by atoms with Crippen molar-refractivity contribution in [3.05, 3.63) is 24.2 Å². The fraction of sp³-hybridized carbons (Fsp3) is 0.538. The Balaban J connectivity index is 1.87. The molecule has 2 heterocycles. The van der Waals surface area contributed by atoms with Crippen LogP contribution in [0.3, 0.4) is 0 Å². The smallest absolute Gasteiger partial charge is 0.223 e. The monoisotopic (exact) mass is 250 g/mol. The van der Waals surface area contributed by atoms with Crippen LogP contribution in [-0.2, 0) is 16.0 Å². The van der Waals surface area contributed by atoms with E-state index in [1.54, 1.807) is 11.2 Å². The van der Waals surface area contributed by atoms with E-state index in [2.05, 4.69) is 0 Å². The second-order valence-corrected chi connectivity index (χ2v) is 4.82. The van der Waals surface area contributed by atoms with Gasteiger partial charge in [-0.1, -0.05) is 0 Å². The molecule has 1 saturated heterocycles. The zero-order chi connectivity index (χ0) is 13.1. The van der Waals surface area contributed by atoms with E-state index in [9.17, 15) is 9.59 Å². The lowest BCUT2D eigenvalue weighted by atomic mass is 10.1. The van der Waals surface area contributed by atoms with E-state index in [4.69, 9.17) is 10.2 Å². The van der Waals surface area contributed by atoms with Crippen LogP contribution in [0, 0.1) is 5.92 Å². The third-order valence-corrected chi connectivity index (χ3v) is 3.48. The molecule has 1 aliphatic heterocycles. The Kier molecular flexibility index (Phi) is 3.69. The maximum absolute atomic E-state index is 11.8. The van der Waals surface area contributed by atoms with Crippen molar-refractivity contribution in [2.45, 2.75) is 32.2 Å². The fourth-order valence-corrected chi connectivity index (χ4v) is 2.31. The molecule has 1 aromatic heterocycles. The lowest BCUT2D eigenvalue weighted by Crippen LogP contribution is -2.36. The van der Waals surface area contributed by atoms with Crippen LogP contribution >= 0.6 is 0 Å². The maximum Gasteiger partial charge on any atom is 0.223 e. The van der Waals surface area contributed by atoms with Gasteiger partial charge >= 0.3 is 0 Å². The summed E-state index contributed by atoms with van der Waals surface area (Å²) in [6.45, 7) is 2.44. The quantitative estimate of drug-likeness (QED) is 0.844. The topological polar surface area (TPSA) is 76.5 Å². The highest BCUT2D eigenvalue weighted by Gasteiger charge is 2.35. The minimum Gasteiger partial charge on any atom is -0.469 e. The highest BCUT2D eigenvalue weighted by molar-refractivity contribution is 5.88. The Morgan fingerprint density at radius 2 is 2.44 bits per heavy atom. The van der Waals surface area contributed by atoms with Gasteiger partial charge in [0, 0.05) is 25.4 Å². The number of hydrogen-bond donors (Lipinski definition) is 1. The standard InChI is InChI=1S/C13H18N2O3/c1-9(4-5-11-3-2-6-18-11)15-8-10(13(14)17)7-12(15)16/h2-3,6,9-10H,4-5,7-8H2,1H3,(H2,14,17). The molecule has 2 rings (SSSR count). The van der Waals surface area contributed by atoms with E-state index in [1.165, 1.54) is 0 Å². The number of aryl methyl sites for hydroxylation is 1. The van der Waals surface area contributed by atoms with Gasteiger partial charge < -0.3 is 15.1 Å². The Labute approximate surface area is 106 Å². The van der Waals surface area contributed by atoms with Gasteiger partial charge in [0.15, 0.2) is 0 Å². The largest absolute Gasteiger partial charge is 0.469 e. The van der Waals surface area contributed by atoms with Crippen molar-refractivity contribution >= 4 is 11.8 Å². The van der Waals surface area contributed by atoms with Crippen LogP contribution in [0.25, 0.3) is 0 Å². The zero-order valence-corrected chi connectivity index (χ0v) is 10.5. The van der Waals surface area contributed by atoms with Crippen molar-refractivity contribution in [3.8, 4) is 0 Å². The van der Waals surface area contributed by atoms with Crippen molar-refractivity contribution in [3.63, 3.8) is 0 Å². The van der Waals surface area contributed by atoms with Crippen molar-refractivity contribution in [1.29, 1.82) is 0 Å². The number of furan rings is 1. The van der Waals surface area contributed by atoms with Gasteiger partial charge in [0.05, 0.1) is 12.2 Å². The van der Waals surface area contributed by atoms with E-state index in [0.29, 0.717) is 6.54 Å². The van der Waals surface area contributed by atoms with Crippen LogP contribution in [0.15, 0.2) is 22.8 Å². The molecule has 1 aromatic rings. The molecule has 1 aliphatic rings. The van der Waals surface area contributed by atoms with Gasteiger partial charge in [0.1, 0.15) is 5.76 Å². The molecule has 5 heteroatoms. The van der Waals surface area contributed by atoms with Gasteiger partial charge in [0.2, 0.25) is 11.8 Å². The molecule has 0 radical (unpaired) electrons. The van der Waals surface area contributed by atoms with Gasteiger partial charge in [-0.15, -0.1) is 0 Å². The number of carbonyl (C=O) groups is 2. The second kappa shape index (κ2) is 5.25. The molecule has 0 aromatic carbocycles. The minimum atomic E-state index is -0.385. The number of nitrogens with two attached hydrogens (primary N) is 1. The van der Waals surface area contributed by atoms with Gasteiger partial charge in [0.25, 0.3) is 0 Å². The number of carbonyl (C=O) groups excluding carboxylic acids is 2. The summed E-state index contributed by atoms with van der Waals surface area (Å²) >= 11 is 0. The Bertz CT molecular complexity index is 427. The summed E-state index contributed by atoms with van der Waals surface area (Å²) in [4.78, 5) is 24.6. The van der Waals surface area contributed by atoms with Gasteiger partial charge in [-0.3, -0.25) is 9.59 Å². The first-order valence-corrected chi connectivity index (χ1v) is 6.19. The lowest BCUT2D eigenvalue weighted by Gasteiger charge is -2.24. The van der Waals surface area contributed by atoms with Crippen LogP contribution < -0.4 is 5.73 Å². The van der Waals surface area contributed by atoms with Crippen molar-refractivity contribution < 1.29 is 14.0 Å². The minimum absolute atomic E-state index is 0.0192. The highest BCUT2D eigenvalue weighted by Crippen LogP contribution is 2.22. The number of hydrogen-bond acceptors (Lipinski definition) is 3. The van der Waals surface area contributed by atoms with Crippen molar-refractivity contribution in [1.82, 2.24) is 4.90 Å². The Morgan fingerprint density at radius 3 is 3.00 bits per heavy atom. The predicted octanol–water partition coefficient (Wildman–Crippen LogP) is 0.934. The molecule has 0 saturated carbocycles. The van der Waals surface area contributed by atoms with Crippen LogP contribution in [0.1, 0.15) is 25.5 Å². The van der Waals surface area contributed by atoms with Crippen LogP contribution in [0.2, 0.25) is 0 Å². The summed E-state index contributed by atoms with van der Waals surface area (Å²) in [5.74, 6) is 0.221. The number of amides is 2. The molecule has 1 fully saturated rings. The van der Waals surface area contributed by atoms with E-state index in [0.717, 1.165) is 18.6 Å². The van der Waals surface area contributed by atoms with E-state index < -0.39 is 0 Å². The van der Waals surface area contributed by atoms with Crippen molar-refractivity contribution in [2.75, 3.05) is 6.54 Å². The molecule has 0 bridgehead atoms. The first kappa shape index (κ1) is 12.7. The zero-order valence-electron chi connectivity index (χ0n) is 10.5. The molecule has 0 aliphatic carbocycles. The van der Waals surface area contributed by atoms with Crippen LogP contribution in [-0.4, -0.2) is 29.3 Å². The lowest BCUT2D eigenvalue weighted by molar-refractivity contribution is -0.130. The number of nitrogens with zero attached hydrogens (tertiary/aromatic N) is 1. The summed E-state index contributed by atoms with van der Waals surface area (Å²) in [6.07, 6.45) is 3.51. The number of primary amides is 1. The molecule has 2 amide bonds. The molecule has 18 heavy (non-hydrogen) atoms. The predicted molar refractivity (Wildman–Crippen MR) is 65.5 cm³/mol. The molecule has 2 unspecified atom stereocenters.